The van der Waals surface area contributed by atoms with Crippen molar-refractivity contribution in [3.63, 3.8) is 0 Å². The molecule has 8 heteroatoms. The van der Waals surface area contributed by atoms with Gasteiger partial charge in [0.15, 0.2) is 13.2 Å². The first-order valence-corrected chi connectivity index (χ1v) is 6.73. The van der Waals surface area contributed by atoms with E-state index in [0.717, 1.165) is 24.3 Å². The Labute approximate surface area is 135 Å². The van der Waals surface area contributed by atoms with Crippen LogP contribution in [0.15, 0.2) is 42.5 Å². The van der Waals surface area contributed by atoms with Crippen LogP contribution in [0, 0.1) is 17.5 Å². The Bertz CT molecular complexity index is 732. The number of nitrogens with one attached hydrogen (secondary N) is 1. The van der Waals surface area contributed by atoms with E-state index in [4.69, 9.17) is 4.74 Å². The summed E-state index contributed by atoms with van der Waals surface area (Å²) in [6.45, 7) is -1.30. The van der Waals surface area contributed by atoms with Crippen molar-refractivity contribution in [3.05, 3.63) is 59.9 Å². The first kappa shape index (κ1) is 17.3. The van der Waals surface area contributed by atoms with Crippen molar-refractivity contribution < 1.29 is 32.2 Å². The highest BCUT2D eigenvalue weighted by atomic mass is 19.1. The Morgan fingerprint density at radius 1 is 0.958 bits per heavy atom. The molecule has 0 aromatic heterocycles. The smallest absolute Gasteiger partial charge is 0.344 e. The van der Waals surface area contributed by atoms with Gasteiger partial charge in [0.05, 0.1) is 0 Å². The molecule has 0 bridgehead atoms. The molecule has 2 rings (SSSR count). The number of hydrogen-bond donors (Lipinski definition) is 1. The summed E-state index contributed by atoms with van der Waals surface area (Å²) in [5.74, 6) is -4.15. The predicted octanol–water partition coefficient (Wildman–Crippen LogP) is 2.66. The van der Waals surface area contributed by atoms with Crippen molar-refractivity contribution in [3.8, 4) is 5.75 Å². The van der Waals surface area contributed by atoms with Crippen LogP contribution in [-0.2, 0) is 14.3 Å². The number of carbonyl (C=O) groups excluding carboxylic acids is 2. The fraction of sp³-hybridized carbons (Fsp3) is 0.125. The van der Waals surface area contributed by atoms with Gasteiger partial charge in [-0.2, -0.15) is 0 Å². The maximum atomic E-state index is 13.3. The molecule has 0 unspecified atom stereocenters. The molecular weight excluding hydrogens is 327 g/mol. The highest BCUT2D eigenvalue weighted by molar-refractivity contribution is 5.93. The van der Waals surface area contributed by atoms with Crippen LogP contribution in [0.25, 0.3) is 0 Å². The predicted molar refractivity (Wildman–Crippen MR) is 77.8 cm³/mol. The van der Waals surface area contributed by atoms with E-state index < -0.39 is 48.2 Å². The van der Waals surface area contributed by atoms with Crippen molar-refractivity contribution in [2.45, 2.75) is 0 Å². The third-order valence-electron chi connectivity index (χ3n) is 2.74. The summed E-state index contributed by atoms with van der Waals surface area (Å²) in [6.07, 6.45) is 0. The zero-order valence-electron chi connectivity index (χ0n) is 12.2. The molecule has 0 aliphatic carbocycles. The molecule has 0 aliphatic heterocycles. The zero-order chi connectivity index (χ0) is 17.5. The summed E-state index contributed by atoms with van der Waals surface area (Å²) in [4.78, 5) is 23.0. The maximum absolute atomic E-state index is 13.3. The van der Waals surface area contributed by atoms with Crippen molar-refractivity contribution in [1.82, 2.24) is 0 Å². The van der Waals surface area contributed by atoms with Gasteiger partial charge in [0, 0.05) is 6.07 Å². The summed E-state index contributed by atoms with van der Waals surface area (Å²) < 4.78 is 49.1. The number of halogens is 3. The lowest BCUT2D eigenvalue weighted by Gasteiger charge is -2.09. The third-order valence-corrected chi connectivity index (χ3v) is 2.74. The van der Waals surface area contributed by atoms with Gasteiger partial charge >= 0.3 is 5.97 Å². The number of ether oxygens (including phenoxy) is 2. The highest BCUT2D eigenvalue weighted by Gasteiger charge is 2.14. The van der Waals surface area contributed by atoms with Crippen molar-refractivity contribution in [1.29, 1.82) is 0 Å². The van der Waals surface area contributed by atoms with Gasteiger partial charge in [0.25, 0.3) is 5.91 Å². The normalized spacial score (nSPS) is 10.1. The van der Waals surface area contributed by atoms with E-state index >= 15 is 0 Å². The van der Waals surface area contributed by atoms with Gasteiger partial charge in [0.2, 0.25) is 0 Å². The Balaban J connectivity index is 1.78. The molecule has 0 atom stereocenters. The fourth-order valence-corrected chi connectivity index (χ4v) is 1.68. The van der Waals surface area contributed by atoms with Gasteiger partial charge in [-0.05, 0) is 24.3 Å². The van der Waals surface area contributed by atoms with Crippen LogP contribution in [0.2, 0.25) is 0 Å². The summed E-state index contributed by atoms with van der Waals surface area (Å²) in [7, 11) is 0. The second-order valence-corrected chi connectivity index (χ2v) is 4.55. The van der Waals surface area contributed by atoms with E-state index in [1.165, 1.54) is 18.2 Å². The Hall–Kier alpha value is -3.03. The largest absolute Gasteiger partial charge is 0.482 e. The molecule has 24 heavy (non-hydrogen) atoms. The quantitative estimate of drug-likeness (QED) is 0.822. The van der Waals surface area contributed by atoms with Crippen LogP contribution in [0.5, 0.6) is 5.75 Å². The molecule has 2 aromatic rings. The van der Waals surface area contributed by atoms with Crippen LogP contribution in [-0.4, -0.2) is 25.1 Å². The zero-order valence-corrected chi connectivity index (χ0v) is 12.2. The standard InChI is InChI=1S/C16H12F3NO4/c17-10-3-1-4-11(7-10)23-9-15(22)24-8-14(21)20-16-12(18)5-2-6-13(16)19/h1-7H,8-9H2,(H,20,21). The lowest BCUT2D eigenvalue weighted by Crippen LogP contribution is -2.24. The summed E-state index contributed by atoms with van der Waals surface area (Å²) in [6, 6.07) is 8.19. The SMILES string of the molecule is O=C(COC(=O)COc1cccc(F)c1)Nc1c(F)cccc1F. The number of amides is 1. The molecule has 2 aromatic carbocycles. The topological polar surface area (TPSA) is 64.6 Å². The maximum Gasteiger partial charge on any atom is 0.344 e. The van der Waals surface area contributed by atoms with E-state index in [2.05, 4.69) is 4.74 Å². The van der Waals surface area contributed by atoms with Gasteiger partial charge in [-0.3, -0.25) is 4.79 Å². The molecule has 0 heterocycles. The lowest BCUT2D eigenvalue weighted by atomic mass is 10.3. The van der Waals surface area contributed by atoms with Crippen molar-refractivity contribution in [2.75, 3.05) is 18.5 Å². The second kappa shape index (κ2) is 8.00. The minimum absolute atomic E-state index is 0.116. The number of para-hydroxylation sites is 1. The number of carbonyl (C=O) groups is 2. The number of benzene rings is 2. The second-order valence-electron chi connectivity index (χ2n) is 4.55. The van der Waals surface area contributed by atoms with E-state index in [0.29, 0.717) is 0 Å². The molecule has 5 nitrogen and oxygen atoms in total. The van der Waals surface area contributed by atoms with E-state index in [-0.39, 0.29) is 5.75 Å². The van der Waals surface area contributed by atoms with E-state index in [1.807, 2.05) is 5.32 Å². The molecule has 0 aliphatic rings. The van der Waals surface area contributed by atoms with Gasteiger partial charge < -0.3 is 14.8 Å². The number of anilines is 1. The first-order valence-electron chi connectivity index (χ1n) is 6.73. The Morgan fingerprint density at radius 2 is 1.62 bits per heavy atom. The van der Waals surface area contributed by atoms with Gasteiger partial charge in [-0.25, -0.2) is 18.0 Å². The van der Waals surface area contributed by atoms with Crippen LogP contribution in [0.1, 0.15) is 0 Å². The minimum atomic E-state index is -0.955. The Kier molecular flexibility index (Phi) is 5.78. The highest BCUT2D eigenvalue weighted by Crippen LogP contribution is 2.17. The van der Waals surface area contributed by atoms with Gasteiger partial charge in [-0.1, -0.05) is 12.1 Å². The average molecular weight is 339 g/mol. The van der Waals surface area contributed by atoms with Gasteiger partial charge in [0.1, 0.15) is 28.9 Å². The molecule has 1 N–H and O–H groups in total. The van der Waals surface area contributed by atoms with Crippen molar-refractivity contribution >= 4 is 17.6 Å². The molecule has 0 fully saturated rings. The van der Waals surface area contributed by atoms with Gasteiger partial charge in [-0.15, -0.1) is 0 Å². The average Bonchev–Trinajstić information content (AvgIpc) is 2.54. The summed E-state index contributed by atoms with van der Waals surface area (Å²) in [5.41, 5.74) is -0.630. The fourth-order valence-electron chi connectivity index (χ4n) is 1.68. The van der Waals surface area contributed by atoms with Crippen molar-refractivity contribution in [2.24, 2.45) is 0 Å². The first-order chi connectivity index (χ1) is 11.5. The monoisotopic (exact) mass is 339 g/mol. The molecule has 0 spiro atoms. The number of hydrogen-bond acceptors (Lipinski definition) is 4. The molecule has 0 radical (unpaired) electrons. The number of rotatable bonds is 6. The summed E-state index contributed by atoms with van der Waals surface area (Å²) in [5, 5.41) is 1.96. The van der Waals surface area contributed by atoms with E-state index in [9.17, 15) is 22.8 Å². The molecule has 0 saturated carbocycles. The molecular formula is C16H12F3NO4. The Morgan fingerprint density at radius 3 is 2.29 bits per heavy atom. The van der Waals surface area contributed by atoms with E-state index in [1.54, 1.807) is 0 Å². The molecule has 0 saturated heterocycles. The van der Waals surface area contributed by atoms with Crippen LogP contribution in [0.3, 0.4) is 0 Å². The lowest BCUT2D eigenvalue weighted by molar-refractivity contribution is -0.149. The van der Waals surface area contributed by atoms with Crippen LogP contribution in [0.4, 0.5) is 18.9 Å². The van der Waals surface area contributed by atoms with Crippen LogP contribution < -0.4 is 10.1 Å². The number of esters is 1. The summed E-state index contributed by atoms with van der Waals surface area (Å²) >= 11 is 0. The van der Waals surface area contributed by atoms with Crippen LogP contribution >= 0.6 is 0 Å². The molecule has 1 amide bonds. The third kappa shape index (κ3) is 5.01. The molecule has 126 valence electrons. The minimum Gasteiger partial charge on any atom is -0.482 e.